The van der Waals surface area contributed by atoms with Gasteiger partial charge in [-0.2, -0.15) is 0 Å². The van der Waals surface area contributed by atoms with E-state index < -0.39 is 0 Å². The van der Waals surface area contributed by atoms with Crippen molar-refractivity contribution in [2.24, 2.45) is 0 Å². The van der Waals surface area contributed by atoms with Gasteiger partial charge in [-0.05, 0) is 42.3 Å². The van der Waals surface area contributed by atoms with Crippen molar-refractivity contribution in [3.63, 3.8) is 0 Å². The summed E-state index contributed by atoms with van der Waals surface area (Å²) in [5, 5.41) is 8.36. The third-order valence-corrected chi connectivity index (χ3v) is 4.71. The van der Waals surface area contributed by atoms with E-state index in [4.69, 9.17) is 0 Å². The molecule has 0 heterocycles. The number of rotatable bonds is 8. The van der Waals surface area contributed by atoms with E-state index in [1.807, 2.05) is 73.7 Å². The average Bonchev–Trinajstić information content (AvgIpc) is 2.79. The van der Waals surface area contributed by atoms with Crippen molar-refractivity contribution < 1.29 is 14.4 Å². The van der Waals surface area contributed by atoms with Crippen LogP contribution in [0.3, 0.4) is 0 Å². The summed E-state index contributed by atoms with van der Waals surface area (Å²) in [6.45, 7) is 1.75. The summed E-state index contributed by atoms with van der Waals surface area (Å²) in [5.74, 6) is -0.692. The minimum atomic E-state index is -0.285. The van der Waals surface area contributed by atoms with Crippen molar-refractivity contribution in [2.75, 3.05) is 11.9 Å². The predicted octanol–water partition coefficient (Wildman–Crippen LogP) is 3.48. The van der Waals surface area contributed by atoms with Gasteiger partial charge in [-0.15, -0.1) is 0 Å². The molecule has 0 radical (unpaired) electrons. The van der Waals surface area contributed by atoms with E-state index in [0.717, 1.165) is 11.1 Å². The Labute approximate surface area is 181 Å². The Morgan fingerprint density at radius 1 is 0.806 bits per heavy atom. The zero-order chi connectivity index (χ0) is 22.1. The monoisotopic (exact) mass is 415 g/mol. The average molecular weight is 415 g/mol. The summed E-state index contributed by atoms with van der Waals surface area (Å²) in [6.07, 6.45) is 0.229. The van der Waals surface area contributed by atoms with Gasteiger partial charge >= 0.3 is 0 Å². The molecule has 0 bridgehead atoms. The summed E-state index contributed by atoms with van der Waals surface area (Å²) in [7, 11) is 0. The number of nitrogens with one attached hydrogen (secondary N) is 3. The summed E-state index contributed by atoms with van der Waals surface area (Å²) in [6, 6.07) is 25.3. The number of carbonyl (C=O) groups excluding carboxylic acids is 3. The second-order valence-electron chi connectivity index (χ2n) is 7.17. The minimum absolute atomic E-state index is 0.0968. The topological polar surface area (TPSA) is 87.3 Å². The van der Waals surface area contributed by atoms with Gasteiger partial charge in [-0.1, -0.05) is 60.7 Å². The first-order valence-corrected chi connectivity index (χ1v) is 10.1. The number of carbonyl (C=O) groups is 3. The fourth-order valence-electron chi connectivity index (χ4n) is 3.08. The van der Waals surface area contributed by atoms with Crippen LogP contribution in [0, 0.1) is 0 Å². The Hall–Kier alpha value is -3.93. The second-order valence-corrected chi connectivity index (χ2v) is 7.17. The maximum atomic E-state index is 12.3. The van der Waals surface area contributed by atoms with Crippen molar-refractivity contribution in [2.45, 2.75) is 19.4 Å². The van der Waals surface area contributed by atoms with Crippen molar-refractivity contribution in [1.29, 1.82) is 0 Å². The molecule has 31 heavy (non-hydrogen) atoms. The molecule has 3 aromatic carbocycles. The third kappa shape index (κ3) is 6.82. The number of amides is 3. The Morgan fingerprint density at radius 3 is 2.19 bits per heavy atom. The van der Waals surface area contributed by atoms with Gasteiger partial charge in [0.15, 0.2) is 0 Å². The van der Waals surface area contributed by atoms with Gasteiger partial charge in [-0.3, -0.25) is 14.4 Å². The summed E-state index contributed by atoms with van der Waals surface area (Å²) < 4.78 is 0. The first kappa shape index (κ1) is 21.8. The van der Waals surface area contributed by atoms with E-state index in [2.05, 4.69) is 16.0 Å². The van der Waals surface area contributed by atoms with Crippen LogP contribution < -0.4 is 16.0 Å². The van der Waals surface area contributed by atoms with Gasteiger partial charge in [-0.25, -0.2) is 0 Å². The Bertz CT molecular complexity index is 1040. The molecule has 0 saturated carbocycles. The SMILES string of the molecule is C[C@@H](NC(=O)CNC(=O)Cc1ccccc1)c1cccc(NC(=O)c2ccccc2)c1. The number of hydrogen-bond donors (Lipinski definition) is 3. The zero-order valence-corrected chi connectivity index (χ0v) is 17.3. The van der Waals surface area contributed by atoms with Gasteiger partial charge in [0.2, 0.25) is 11.8 Å². The number of hydrogen-bond acceptors (Lipinski definition) is 3. The highest BCUT2D eigenvalue weighted by Crippen LogP contribution is 2.18. The van der Waals surface area contributed by atoms with Crippen molar-refractivity contribution in [3.8, 4) is 0 Å². The Morgan fingerprint density at radius 2 is 1.48 bits per heavy atom. The van der Waals surface area contributed by atoms with Crippen LogP contribution in [-0.2, 0) is 16.0 Å². The van der Waals surface area contributed by atoms with Gasteiger partial charge < -0.3 is 16.0 Å². The summed E-state index contributed by atoms with van der Waals surface area (Å²) in [4.78, 5) is 36.6. The fourth-order valence-corrected chi connectivity index (χ4v) is 3.08. The van der Waals surface area contributed by atoms with E-state index in [-0.39, 0.29) is 36.7 Å². The van der Waals surface area contributed by atoms with Crippen LogP contribution in [0.25, 0.3) is 0 Å². The van der Waals surface area contributed by atoms with E-state index in [1.165, 1.54) is 0 Å². The largest absolute Gasteiger partial charge is 0.348 e. The van der Waals surface area contributed by atoms with Crippen molar-refractivity contribution in [3.05, 3.63) is 102 Å². The molecule has 3 N–H and O–H groups in total. The smallest absolute Gasteiger partial charge is 0.255 e. The lowest BCUT2D eigenvalue weighted by molar-refractivity contribution is -0.126. The molecule has 6 nitrogen and oxygen atoms in total. The molecule has 6 heteroatoms. The number of anilines is 1. The molecule has 0 spiro atoms. The molecule has 1 atom stereocenters. The molecule has 0 fully saturated rings. The molecule has 0 unspecified atom stereocenters. The standard InChI is InChI=1S/C25H25N3O3/c1-18(27-24(30)17-26-23(29)15-19-9-4-2-5-10-19)21-13-8-14-22(16-21)28-25(31)20-11-6-3-7-12-20/h2-14,16,18H,15,17H2,1H3,(H,26,29)(H,27,30)(H,28,31)/t18-/m1/s1. The van der Waals surface area contributed by atoms with E-state index in [0.29, 0.717) is 11.3 Å². The summed E-state index contributed by atoms with van der Waals surface area (Å²) >= 11 is 0. The lowest BCUT2D eigenvalue weighted by Crippen LogP contribution is -2.38. The van der Waals surface area contributed by atoms with Gasteiger partial charge in [0.1, 0.15) is 0 Å². The number of benzene rings is 3. The van der Waals surface area contributed by atoms with E-state index >= 15 is 0 Å². The van der Waals surface area contributed by atoms with Crippen molar-refractivity contribution >= 4 is 23.4 Å². The highest BCUT2D eigenvalue weighted by Gasteiger charge is 2.12. The molecule has 0 saturated heterocycles. The molecule has 3 aromatic rings. The highest BCUT2D eigenvalue weighted by molar-refractivity contribution is 6.04. The van der Waals surface area contributed by atoms with Crippen LogP contribution in [0.2, 0.25) is 0 Å². The molecule has 3 rings (SSSR count). The first-order valence-electron chi connectivity index (χ1n) is 10.1. The fraction of sp³-hybridized carbons (Fsp3) is 0.160. The van der Waals surface area contributed by atoms with Crippen LogP contribution in [0.5, 0.6) is 0 Å². The molecule has 3 amide bonds. The van der Waals surface area contributed by atoms with Crippen LogP contribution in [0.1, 0.15) is 34.5 Å². The summed E-state index contributed by atoms with van der Waals surface area (Å²) in [5.41, 5.74) is 2.95. The maximum Gasteiger partial charge on any atom is 0.255 e. The molecule has 0 aromatic heterocycles. The van der Waals surface area contributed by atoms with E-state index in [9.17, 15) is 14.4 Å². The Kier molecular flexibility index (Phi) is 7.54. The molecule has 0 aliphatic carbocycles. The first-order chi connectivity index (χ1) is 15.0. The normalized spacial score (nSPS) is 11.3. The predicted molar refractivity (Wildman–Crippen MR) is 121 cm³/mol. The highest BCUT2D eigenvalue weighted by atomic mass is 16.2. The van der Waals surface area contributed by atoms with Crippen LogP contribution in [0.15, 0.2) is 84.9 Å². The molecular weight excluding hydrogens is 390 g/mol. The lowest BCUT2D eigenvalue weighted by atomic mass is 10.1. The minimum Gasteiger partial charge on any atom is -0.348 e. The lowest BCUT2D eigenvalue weighted by Gasteiger charge is -2.16. The third-order valence-electron chi connectivity index (χ3n) is 4.71. The quantitative estimate of drug-likeness (QED) is 0.526. The van der Waals surface area contributed by atoms with Gasteiger partial charge in [0, 0.05) is 11.3 Å². The van der Waals surface area contributed by atoms with Crippen LogP contribution in [0.4, 0.5) is 5.69 Å². The second kappa shape index (κ2) is 10.7. The molecule has 0 aliphatic heterocycles. The maximum absolute atomic E-state index is 12.3. The molecule has 158 valence electrons. The van der Waals surface area contributed by atoms with Gasteiger partial charge in [0.05, 0.1) is 19.0 Å². The molecular formula is C25H25N3O3. The van der Waals surface area contributed by atoms with Crippen LogP contribution >= 0.6 is 0 Å². The zero-order valence-electron chi connectivity index (χ0n) is 17.3. The van der Waals surface area contributed by atoms with Crippen LogP contribution in [-0.4, -0.2) is 24.3 Å². The van der Waals surface area contributed by atoms with Crippen molar-refractivity contribution in [1.82, 2.24) is 10.6 Å². The molecule has 0 aliphatic rings. The Balaban J connectivity index is 1.50. The van der Waals surface area contributed by atoms with Gasteiger partial charge in [0.25, 0.3) is 5.91 Å². The van der Waals surface area contributed by atoms with E-state index in [1.54, 1.807) is 18.2 Å².